The van der Waals surface area contributed by atoms with E-state index in [0.717, 1.165) is 56.6 Å². The summed E-state index contributed by atoms with van der Waals surface area (Å²) in [5.74, 6) is 0.827. The highest BCUT2D eigenvalue weighted by Gasteiger charge is 2.18. The Labute approximate surface area is 381 Å². The van der Waals surface area contributed by atoms with Crippen LogP contribution in [0.2, 0.25) is 0 Å². The fourth-order valence-corrected chi connectivity index (χ4v) is 9.37. The molecule has 0 N–H and O–H groups in total. The van der Waals surface area contributed by atoms with Gasteiger partial charge in [-0.3, -0.25) is 0 Å². The Bertz CT molecular complexity index is 2980. The van der Waals surface area contributed by atoms with Crippen molar-refractivity contribution >= 4 is 45.8 Å². The van der Waals surface area contributed by atoms with Crippen molar-refractivity contribution in [3.05, 3.63) is 273 Å². The van der Waals surface area contributed by atoms with Gasteiger partial charge in [-0.25, -0.2) is 0 Å². The van der Waals surface area contributed by atoms with Crippen LogP contribution in [-0.2, 0) is 0 Å². The minimum absolute atomic E-state index is 0.827. The van der Waals surface area contributed by atoms with Gasteiger partial charge < -0.3 is 9.80 Å². The minimum Gasteiger partial charge on any atom is -0.311 e. The molecule has 0 saturated heterocycles. The van der Waals surface area contributed by atoms with E-state index in [9.17, 15) is 0 Å². The summed E-state index contributed by atoms with van der Waals surface area (Å²) in [5, 5.41) is 0. The van der Waals surface area contributed by atoms with Gasteiger partial charge in [-0.1, -0.05) is 189 Å². The van der Waals surface area contributed by atoms with E-state index in [2.05, 4.69) is 271 Å². The average molecular weight is 839 g/mol. The lowest BCUT2D eigenvalue weighted by molar-refractivity contribution is 1.20. The molecule has 9 aromatic rings. The molecule has 0 amide bonds. The Hall–Kier alpha value is -7.85. The lowest BCUT2D eigenvalue weighted by Crippen LogP contribution is -2.15. The van der Waals surface area contributed by atoms with E-state index < -0.39 is 0 Å². The maximum absolute atomic E-state index is 4.47. The molecule has 2 nitrogen and oxygen atoms in total. The zero-order valence-corrected chi connectivity index (χ0v) is 36.3. The van der Waals surface area contributed by atoms with Gasteiger partial charge >= 0.3 is 0 Å². The summed E-state index contributed by atoms with van der Waals surface area (Å²) in [4.78, 5) is 5.95. The molecule has 0 unspecified atom stereocenters. The van der Waals surface area contributed by atoms with Crippen LogP contribution in [0, 0.1) is 0 Å². The minimum atomic E-state index is 0.827. The van der Waals surface area contributed by atoms with Crippen LogP contribution < -0.4 is 9.80 Å². The third-order valence-corrected chi connectivity index (χ3v) is 12.7. The van der Waals surface area contributed by atoms with E-state index in [1.165, 1.54) is 43.8 Å². The highest BCUT2D eigenvalue weighted by molar-refractivity contribution is 7.99. The summed E-state index contributed by atoms with van der Waals surface area (Å²) in [7, 11) is 0. The van der Waals surface area contributed by atoms with Crippen LogP contribution in [0.3, 0.4) is 0 Å². The first-order valence-corrected chi connectivity index (χ1v) is 22.7. The van der Waals surface area contributed by atoms with Crippen molar-refractivity contribution in [1.29, 1.82) is 0 Å². The van der Waals surface area contributed by atoms with Gasteiger partial charge in [0, 0.05) is 44.8 Å². The van der Waals surface area contributed by atoms with E-state index in [-0.39, 0.29) is 0 Å². The van der Waals surface area contributed by atoms with Crippen molar-refractivity contribution in [3.8, 4) is 44.5 Å². The number of nitrogens with zero attached hydrogens (tertiary/aromatic N) is 2. The van der Waals surface area contributed by atoms with Gasteiger partial charge in [-0.15, -0.1) is 11.8 Å². The van der Waals surface area contributed by atoms with Crippen LogP contribution >= 0.6 is 11.8 Å². The fourth-order valence-electron chi connectivity index (χ4n) is 8.41. The number of allylic oxidation sites excluding steroid dienone is 3. The third kappa shape index (κ3) is 8.76. The predicted octanol–water partition coefficient (Wildman–Crippen LogP) is 17.2. The van der Waals surface area contributed by atoms with Gasteiger partial charge in [0.2, 0.25) is 0 Å². The highest BCUT2D eigenvalue weighted by atomic mass is 32.2. The molecule has 9 aromatic carbocycles. The fraction of sp³-hybridized carbons (Fsp3) is 0.0164. The largest absolute Gasteiger partial charge is 0.311 e. The summed E-state index contributed by atoms with van der Waals surface area (Å²) in [6.07, 6.45) is 6.69. The molecule has 0 fully saturated rings. The van der Waals surface area contributed by atoms with Gasteiger partial charge in [0.05, 0.1) is 0 Å². The normalized spacial score (nSPS) is 13.6. The Balaban J connectivity index is 1.00. The molecule has 3 heteroatoms. The van der Waals surface area contributed by atoms with Gasteiger partial charge in [0.25, 0.3) is 0 Å². The van der Waals surface area contributed by atoms with Crippen LogP contribution in [0.25, 0.3) is 50.1 Å². The molecule has 1 heterocycles. The molecule has 0 spiro atoms. The van der Waals surface area contributed by atoms with Crippen molar-refractivity contribution < 1.29 is 0 Å². The van der Waals surface area contributed by atoms with Crippen molar-refractivity contribution in [1.82, 2.24) is 0 Å². The van der Waals surface area contributed by atoms with Gasteiger partial charge in [0.15, 0.2) is 0 Å². The van der Waals surface area contributed by atoms with Gasteiger partial charge in [0.1, 0.15) is 0 Å². The molecule has 0 aromatic heterocycles. The van der Waals surface area contributed by atoms with Crippen LogP contribution in [0.5, 0.6) is 0 Å². The predicted molar refractivity (Wildman–Crippen MR) is 275 cm³/mol. The lowest BCUT2D eigenvalue weighted by atomic mass is 10.0. The summed E-state index contributed by atoms with van der Waals surface area (Å²) in [6, 6.07) is 84.7. The van der Waals surface area contributed by atoms with E-state index in [1.54, 1.807) is 0 Å². The Kier molecular flexibility index (Phi) is 11.7. The quantitative estimate of drug-likeness (QED) is 0.135. The number of rotatable bonds is 10. The van der Waals surface area contributed by atoms with Crippen molar-refractivity contribution in [2.75, 3.05) is 15.6 Å². The van der Waals surface area contributed by atoms with E-state index in [1.807, 2.05) is 11.8 Å². The maximum Gasteiger partial charge on any atom is 0.0467 e. The Morgan fingerprint density at radius 1 is 0.328 bits per heavy atom. The number of hydrogen-bond donors (Lipinski definition) is 0. The van der Waals surface area contributed by atoms with Crippen LogP contribution in [0.4, 0.5) is 28.4 Å². The molecule has 0 atom stereocenters. The zero-order valence-electron chi connectivity index (χ0n) is 35.5. The summed E-state index contributed by atoms with van der Waals surface area (Å²) >= 11 is 1.84. The van der Waals surface area contributed by atoms with E-state index in [0.29, 0.717) is 0 Å². The molecule has 1 aliphatic heterocycles. The van der Waals surface area contributed by atoms with Crippen LogP contribution in [0.15, 0.2) is 272 Å². The van der Waals surface area contributed by atoms with Gasteiger partial charge in [-0.05, 0) is 128 Å². The SMILES string of the molecule is C=C1/C=C\C(N(c2ccc(-c3ccccc3)cc2)c2ccc(-c3cccc(N(c4ccc(-c5ccccc5)cc4)c4ccc(-c5ccccc5)cc4)c3)cc2)=C/CSc2ccccc21. The summed E-state index contributed by atoms with van der Waals surface area (Å²) in [5.41, 5.74) is 18.2. The zero-order chi connectivity index (χ0) is 43.1. The monoisotopic (exact) mass is 838 g/mol. The number of benzene rings is 9. The number of fused-ring (bicyclic) bond motifs is 1. The topological polar surface area (TPSA) is 6.48 Å². The first-order valence-electron chi connectivity index (χ1n) is 21.7. The van der Waals surface area contributed by atoms with Crippen LogP contribution in [0.1, 0.15) is 5.56 Å². The molecular formula is C61H46N2S. The molecule has 306 valence electrons. The summed E-state index contributed by atoms with van der Waals surface area (Å²) in [6.45, 7) is 4.47. The maximum atomic E-state index is 4.47. The van der Waals surface area contributed by atoms with Crippen molar-refractivity contribution in [2.45, 2.75) is 4.90 Å². The molecule has 64 heavy (non-hydrogen) atoms. The van der Waals surface area contributed by atoms with E-state index in [4.69, 9.17) is 0 Å². The Morgan fingerprint density at radius 2 is 0.719 bits per heavy atom. The van der Waals surface area contributed by atoms with Crippen molar-refractivity contribution in [3.63, 3.8) is 0 Å². The second kappa shape index (κ2) is 18.6. The summed E-state index contributed by atoms with van der Waals surface area (Å²) < 4.78 is 0. The van der Waals surface area contributed by atoms with Gasteiger partial charge in [-0.2, -0.15) is 0 Å². The second-order valence-corrected chi connectivity index (χ2v) is 16.9. The number of thioether (sulfide) groups is 1. The molecule has 0 saturated carbocycles. The molecular weight excluding hydrogens is 793 g/mol. The highest BCUT2D eigenvalue weighted by Crippen LogP contribution is 2.40. The van der Waals surface area contributed by atoms with Crippen LogP contribution in [-0.4, -0.2) is 5.75 Å². The first-order chi connectivity index (χ1) is 31.6. The molecule has 1 aliphatic rings. The standard InChI is InChI=1S/C61H46N2S/c1-45-24-33-58(42-43-64-61-23-12-11-22-60(45)61)62(54-34-25-49(26-35-54)46-14-5-2-6-15-46)55-40-31-52(32-41-55)53-20-13-21-59(44-53)63(56-36-27-50(28-37-56)47-16-7-3-8-17-47)57-38-29-51(30-39-57)48-18-9-4-10-19-48/h2-42,44H,1,43H2/b33-24-,58-42+. The second-order valence-electron chi connectivity index (χ2n) is 15.8. The molecule has 0 bridgehead atoms. The molecule has 10 rings (SSSR count). The van der Waals surface area contributed by atoms with E-state index >= 15 is 0 Å². The number of anilines is 5. The lowest BCUT2D eigenvalue weighted by Gasteiger charge is -2.27. The molecule has 0 aliphatic carbocycles. The smallest absolute Gasteiger partial charge is 0.0467 e. The average Bonchev–Trinajstić information content (AvgIpc) is 3.45. The number of hydrogen-bond acceptors (Lipinski definition) is 3. The molecule has 0 radical (unpaired) electrons. The van der Waals surface area contributed by atoms with Crippen molar-refractivity contribution in [2.24, 2.45) is 0 Å². The first kappa shape index (κ1) is 40.2. The Morgan fingerprint density at radius 3 is 1.20 bits per heavy atom. The third-order valence-electron chi connectivity index (χ3n) is 11.7.